The number of carbonyl (C=O) groups is 2. The Kier molecular flexibility index (Phi) is 6.49. The first-order valence-electron chi connectivity index (χ1n) is 11.8. The van der Waals surface area contributed by atoms with Crippen molar-refractivity contribution in [3.63, 3.8) is 0 Å². The lowest BCUT2D eigenvalue weighted by molar-refractivity contribution is -0.141. The van der Waals surface area contributed by atoms with Crippen LogP contribution in [0.25, 0.3) is 24.3 Å². The number of aryl methyl sites for hydroxylation is 2. The number of aromatic nitrogens is 4. The zero-order chi connectivity index (χ0) is 25.1. The summed E-state index contributed by atoms with van der Waals surface area (Å²) in [5, 5.41) is 3.75. The normalized spacial score (nSPS) is 12.1. The molecule has 0 saturated heterocycles. The summed E-state index contributed by atoms with van der Waals surface area (Å²) in [4.78, 5) is 37.5. The molecule has 1 aliphatic rings. The fourth-order valence-corrected chi connectivity index (χ4v) is 4.42. The fourth-order valence-electron chi connectivity index (χ4n) is 4.42. The molecule has 184 valence electrons. The Labute approximate surface area is 207 Å². The molecule has 1 aliphatic heterocycles. The van der Waals surface area contributed by atoms with E-state index in [1.165, 1.54) is 14.2 Å². The third kappa shape index (κ3) is 5.27. The first-order valence-corrected chi connectivity index (χ1v) is 11.8. The standard InChI is InChI=1S/C28H28N4O4/c1-35-27(33)9-3-17-11-23-14-21-7-5-19(29-21)13-20-6-8-22(30-20)15-24-12-18(4-10-28(34)36-2)26(32-24)16-25(17)31-23/h5-8,11-16,29-32H,3-4,9-10H2,1-2H3. The first kappa shape index (κ1) is 23.3. The molecule has 4 aromatic rings. The van der Waals surface area contributed by atoms with Crippen molar-refractivity contribution in [2.45, 2.75) is 25.7 Å². The molecule has 0 fully saturated rings. The summed E-state index contributed by atoms with van der Waals surface area (Å²) in [7, 11) is 2.80. The fraction of sp³-hybridized carbons (Fsp3) is 0.214. The molecule has 8 heteroatoms. The van der Waals surface area contributed by atoms with Crippen LogP contribution in [-0.4, -0.2) is 46.1 Å². The maximum Gasteiger partial charge on any atom is 0.305 e. The molecule has 4 aromatic heterocycles. The lowest BCUT2D eigenvalue weighted by atomic mass is 10.1. The summed E-state index contributed by atoms with van der Waals surface area (Å²) in [6, 6.07) is 12.2. The van der Waals surface area contributed by atoms with Crippen molar-refractivity contribution in [3.05, 3.63) is 91.7 Å². The quantitative estimate of drug-likeness (QED) is 0.267. The van der Waals surface area contributed by atoms with E-state index >= 15 is 0 Å². The molecule has 0 radical (unpaired) electrons. The summed E-state index contributed by atoms with van der Waals surface area (Å²) in [5.74, 6) is -0.507. The molecular weight excluding hydrogens is 456 g/mol. The Morgan fingerprint density at radius 1 is 0.639 bits per heavy atom. The van der Waals surface area contributed by atoms with Gasteiger partial charge in [0.1, 0.15) is 0 Å². The van der Waals surface area contributed by atoms with E-state index in [4.69, 9.17) is 9.47 Å². The van der Waals surface area contributed by atoms with Gasteiger partial charge in [0, 0.05) is 57.0 Å². The highest BCUT2D eigenvalue weighted by atomic mass is 16.5. The number of hydrogen-bond acceptors (Lipinski definition) is 4. The van der Waals surface area contributed by atoms with Crippen molar-refractivity contribution in [2.24, 2.45) is 0 Å². The number of methoxy groups -OCH3 is 2. The number of rotatable bonds is 6. The van der Waals surface area contributed by atoms with Crippen LogP contribution in [0, 0.1) is 0 Å². The molecule has 5 rings (SSSR count). The van der Waals surface area contributed by atoms with Gasteiger partial charge in [0.25, 0.3) is 0 Å². The topological polar surface area (TPSA) is 116 Å². The van der Waals surface area contributed by atoms with E-state index in [-0.39, 0.29) is 24.8 Å². The van der Waals surface area contributed by atoms with Crippen LogP contribution in [0.2, 0.25) is 0 Å². The van der Waals surface area contributed by atoms with E-state index in [0.29, 0.717) is 12.8 Å². The lowest BCUT2D eigenvalue weighted by Gasteiger charge is -2.01. The second-order valence-electron chi connectivity index (χ2n) is 8.79. The van der Waals surface area contributed by atoms with Crippen LogP contribution in [0.5, 0.6) is 0 Å². The van der Waals surface area contributed by atoms with Gasteiger partial charge in [-0.05, 0) is 84.7 Å². The molecule has 0 atom stereocenters. The number of carbonyl (C=O) groups excluding carboxylic acids is 2. The van der Waals surface area contributed by atoms with Crippen molar-refractivity contribution in [3.8, 4) is 0 Å². The molecule has 8 bridgehead atoms. The largest absolute Gasteiger partial charge is 0.469 e. The average molecular weight is 485 g/mol. The number of H-pyrrole nitrogens is 4. The van der Waals surface area contributed by atoms with Gasteiger partial charge in [-0.25, -0.2) is 0 Å². The molecule has 4 N–H and O–H groups in total. The third-order valence-corrected chi connectivity index (χ3v) is 6.25. The lowest BCUT2D eigenvalue weighted by Crippen LogP contribution is -2.14. The number of nitrogens with one attached hydrogen (secondary N) is 4. The molecule has 5 heterocycles. The molecule has 0 unspecified atom stereocenters. The summed E-state index contributed by atoms with van der Waals surface area (Å²) in [5.41, 5.74) is 5.76. The van der Waals surface area contributed by atoms with Gasteiger partial charge in [0.05, 0.1) is 14.2 Å². The van der Waals surface area contributed by atoms with E-state index in [9.17, 15) is 9.59 Å². The maximum atomic E-state index is 11.8. The van der Waals surface area contributed by atoms with Crippen molar-refractivity contribution < 1.29 is 19.1 Å². The van der Waals surface area contributed by atoms with Gasteiger partial charge in [-0.15, -0.1) is 0 Å². The second kappa shape index (κ2) is 10.0. The van der Waals surface area contributed by atoms with Gasteiger partial charge in [0.2, 0.25) is 0 Å². The SMILES string of the molecule is COC(=O)CCc1cc2[nH]c1C=c1[nH]c(cc1CCC(=O)OC)=Cc1ccc([nH]1)C=c1ccc([nH]1)=C2. The molecule has 36 heavy (non-hydrogen) atoms. The molecule has 0 amide bonds. The zero-order valence-corrected chi connectivity index (χ0v) is 20.2. The van der Waals surface area contributed by atoms with Crippen molar-refractivity contribution >= 4 is 36.2 Å². The van der Waals surface area contributed by atoms with Crippen molar-refractivity contribution in [1.29, 1.82) is 0 Å². The third-order valence-electron chi connectivity index (χ3n) is 6.25. The van der Waals surface area contributed by atoms with Crippen LogP contribution < -0.4 is 21.4 Å². The Morgan fingerprint density at radius 2 is 1.25 bits per heavy atom. The number of aromatic amines is 4. The van der Waals surface area contributed by atoms with Gasteiger partial charge in [-0.1, -0.05) is 0 Å². The van der Waals surface area contributed by atoms with Gasteiger partial charge in [-0.3, -0.25) is 9.59 Å². The highest BCUT2D eigenvalue weighted by Gasteiger charge is 2.11. The Hall–Kier alpha value is -4.46. The highest BCUT2D eigenvalue weighted by molar-refractivity contribution is 5.70. The number of esters is 2. The minimum Gasteiger partial charge on any atom is -0.469 e. The summed E-state index contributed by atoms with van der Waals surface area (Å²) >= 11 is 0. The first-order chi connectivity index (χ1) is 17.5. The monoisotopic (exact) mass is 484 g/mol. The van der Waals surface area contributed by atoms with Crippen LogP contribution >= 0.6 is 0 Å². The Morgan fingerprint density at radius 3 is 1.92 bits per heavy atom. The van der Waals surface area contributed by atoms with Crippen LogP contribution in [-0.2, 0) is 31.9 Å². The smallest absolute Gasteiger partial charge is 0.305 e. The molecule has 0 aliphatic carbocycles. The predicted octanol–water partition coefficient (Wildman–Crippen LogP) is 0.839. The summed E-state index contributed by atoms with van der Waals surface area (Å²) < 4.78 is 9.69. The van der Waals surface area contributed by atoms with E-state index < -0.39 is 0 Å². The molecule has 0 aromatic carbocycles. The van der Waals surface area contributed by atoms with Gasteiger partial charge < -0.3 is 29.4 Å². The van der Waals surface area contributed by atoms with E-state index in [1.54, 1.807) is 0 Å². The number of hydrogen-bond donors (Lipinski definition) is 4. The van der Waals surface area contributed by atoms with Gasteiger partial charge in [0.15, 0.2) is 0 Å². The second-order valence-corrected chi connectivity index (χ2v) is 8.79. The summed E-state index contributed by atoms with van der Waals surface area (Å²) in [6.45, 7) is 0. The Bertz CT molecular complexity index is 1660. The minimum absolute atomic E-state index is 0.253. The average Bonchev–Trinajstić information content (AvgIpc) is 3.65. The van der Waals surface area contributed by atoms with E-state index in [0.717, 1.165) is 55.3 Å². The maximum absolute atomic E-state index is 11.8. The molecular formula is C28H28N4O4. The highest BCUT2D eigenvalue weighted by Crippen LogP contribution is 2.16. The van der Waals surface area contributed by atoms with Crippen LogP contribution in [0.15, 0.2) is 36.4 Å². The predicted molar refractivity (Wildman–Crippen MR) is 137 cm³/mol. The minimum atomic E-state index is -0.253. The number of ether oxygens (including phenoxy) is 2. The molecule has 0 spiro atoms. The van der Waals surface area contributed by atoms with E-state index in [1.807, 2.05) is 42.5 Å². The van der Waals surface area contributed by atoms with Gasteiger partial charge >= 0.3 is 11.9 Å². The van der Waals surface area contributed by atoms with Crippen LogP contribution in [0.1, 0.15) is 46.7 Å². The molecule has 8 nitrogen and oxygen atoms in total. The van der Waals surface area contributed by atoms with Gasteiger partial charge in [-0.2, -0.15) is 0 Å². The molecule has 0 saturated carbocycles. The zero-order valence-electron chi connectivity index (χ0n) is 20.2. The van der Waals surface area contributed by atoms with E-state index in [2.05, 4.69) is 38.1 Å². The number of fused-ring (bicyclic) bond motifs is 8. The van der Waals surface area contributed by atoms with Crippen LogP contribution in [0.4, 0.5) is 0 Å². The Balaban J connectivity index is 1.68. The van der Waals surface area contributed by atoms with Crippen molar-refractivity contribution in [1.82, 2.24) is 19.9 Å². The summed E-state index contributed by atoms with van der Waals surface area (Å²) in [6.07, 6.45) is 9.80. The van der Waals surface area contributed by atoms with Crippen LogP contribution in [0.3, 0.4) is 0 Å². The van der Waals surface area contributed by atoms with Crippen molar-refractivity contribution in [2.75, 3.05) is 14.2 Å².